The van der Waals surface area contributed by atoms with Gasteiger partial charge >= 0.3 is 0 Å². The minimum atomic E-state index is -0.685. The molecule has 0 bridgehead atoms. The number of rotatable bonds is 8. The number of ether oxygens (including phenoxy) is 1. The van der Waals surface area contributed by atoms with E-state index < -0.39 is 12.2 Å². The van der Waals surface area contributed by atoms with E-state index in [2.05, 4.69) is 20.4 Å². The average Bonchev–Trinajstić information content (AvgIpc) is 2.80. The third kappa shape index (κ3) is 5.47. The molecule has 2 aromatic carbocycles. The first kappa shape index (κ1) is 21.5. The minimum absolute atomic E-state index is 0.0751. The molecule has 9 heteroatoms. The van der Waals surface area contributed by atoms with Gasteiger partial charge in [0.25, 0.3) is 5.56 Å². The van der Waals surface area contributed by atoms with Crippen molar-refractivity contribution in [3.8, 4) is 11.6 Å². The number of halogens is 2. The van der Waals surface area contributed by atoms with Gasteiger partial charge in [0, 0.05) is 29.4 Å². The number of aromatic nitrogens is 4. The largest absolute Gasteiger partial charge is 0.439 e. The summed E-state index contributed by atoms with van der Waals surface area (Å²) in [4.78, 5) is 20.5. The Morgan fingerprint density at radius 1 is 1.03 bits per heavy atom. The number of hydrogen-bond donors (Lipinski definition) is 1. The summed E-state index contributed by atoms with van der Waals surface area (Å²) in [7, 11) is 0. The Balaban J connectivity index is 1.58. The molecule has 0 radical (unpaired) electrons. The zero-order chi connectivity index (χ0) is 22.3. The quantitative estimate of drug-likeness (QED) is 0.415. The zero-order valence-electron chi connectivity index (χ0n) is 16.9. The van der Waals surface area contributed by atoms with Crippen molar-refractivity contribution in [1.29, 1.82) is 0 Å². The van der Waals surface area contributed by atoms with Gasteiger partial charge in [0.1, 0.15) is 11.4 Å². The molecule has 0 aliphatic heterocycles. The van der Waals surface area contributed by atoms with Gasteiger partial charge in [-0.1, -0.05) is 29.8 Å². The Bertz CT molecular complexity index is 1230. The molecule has 4 rings (SSSR count). The number of aryl methyl sites for hydroxylation is 1. The molecule has 0 fully saturated rings. The second-order valence-corrected chi connectivity index (χ2v) is 7.27. The molecule has 0 amide bonds. The highest BCUT2D eigenvalue weighted by molar-refractivity contribution is 6.30. The van der Waals surface area contributed by atoms with Gasteiger partial charge < -0.3 is 10.1 Å². The predicted molar refractivity (Wildman–Crippen MR) is 121 cm³/mol. The molecular weight excluding hydrogens is 433 g/mol. The van der Waals surface area contributed by atoms with Crippen molar-refractivity contribution in [2.45, 2.75) is 13.0 Å². The van der Waals surface area contributed by atoms with Crippen LogP contribution in [0.25, 0.3) is 0 Å². The first-order valence-corrected chi connectivity index (χ1v) is 10.2. The van der Waals surface area contributed by atoms with Gasteiger partial charge in [-0.15, -0.1) is 0 Å². The van der Waals surface area contributed by atoms with Crippen molar-refractivity contribution in [3.63, 3.8) is 0 Å². The monoisotopic (exact) mass is 451 g/mol. The molecule has 0 aliphatic rings. The predicted octanol–water partition coefficient (Wildman–Crippen LogP) is 4.78. The van der Waals surface area contributed by atoms with E-state index in [-0.39, 0.29) is 18.1 Å². The molecule has 0 unspecified atom stereocenters. The molecule has 0 spiro atoms. The van der Waals surface area contributed by atoms with Gasteiger partial charge in [0.2, 0.25) is 11.8 Å². The maximum atomic E-state index is 12.8. The number of pyridine rings is 1. The van der Waals surface area contributed by atoms with Crippen LogP contribution in [0.5, 0.6) is 11.6 Å². The van der Waals surface area contributed by atoms with Crippen LogP contribution in [0.3, 0.4) is 0 Å². The van der Waals surface area contributed by atoms with Crippen LogP contribution in [0, 0.1) is 0 Å². The van der Waals surface area contributed by atoms with Crippen LogP contribution in [0.1, 0.15) is 11.3 Å². The van der Waals surface area contributed by atoms with E-state index in [1.54, 1.807) is 48.7 Å². The lowest BCUT2D eigenvalue weighted by Crippen LogP contribution is -2.25. The van der Waals surface area contributed by atoms with Crippen LogP contribution >= 0.6 is 11.6 Å². The molecular formula is C23H19ClFN5O2. The molecule has 1 N–H and O–H groups in total. The standard InChI is InChI=1S/C23H19ClFN5O2/c24-17-6-4-16(5-7-17)15-30-23(28-22(31)20(29-30)12-13-25)27-18-8-10-19(11-9-18)32-21-3-1-2-14-26-21/h1-11,14H,12-13,15H2,(H,27,28,31). The molecule has 0 aliphatic carbocycles. The van der Waals surface area contributed by atoms with Crippen LogP contribution < -0.4 is 15.6 Å². The fourth-order valence-corrected chi connectivity index (χ4v) is 3.06. The molecule has 0 saturated carbocycles. The van der Waals surface area contributed by atoms with Crippen LogP contribution in [0.15, 0.2) is 77.7 Å². The summed E-state index contributed by atoms with van der Waals surface area (Å²) in [5.74, 6) is 1.34. The molecule has 32 heavy (non-hydrogen) atoms. The SMILES string of the molecule is O=c1nc(Nc2ccc(Oc3ccccn3)cc2)n(Cc2ccc(Cl)cc2)nc1CCF. The van der Waals surface area contributed by atoms with Gasteiger partial charge in [-0.3, -0.25) is 9.18 Å². The van der Waals surface area contributed by atoms with Crippen LogP contribution in [-0.2, 0) is 13.0 Å². The maximum absolute atomic E-state index is 12.8. The van der Waals surface area contributed by atoms with Gasteiger partial charge in [-0.05, 0) is 48.0 Å². The van der Waals surface area contributed by atoms with Gasteiger partial charge in [-0.2, -0.15) is 10.1 Å². The molecule has 2 heterocycles. The number of nitrogens with zero attached hydrogens (tertiary/aromatic N) is 4. The average molecular weight is 452 g/mol. The summed E-state index contributed by atoms with van der Waals surface area (Å²) in [6.45, 7) is -0.359. The van der Waals surface area contributed by atoms with Gasteiger partial charge in [0.15, 0.2) is 0 Å². The summed E-state index contributed by atoms with van der Waals surface area (Å²) in [5, 5.41) is 8.04. The van der Waals surface area contributed by atoms with Crippen molar-refractivity contribution in [2.24, 2.45) is 0 Å². The molecule has 4 aromatic rings. The first-order valence-electron chi connectivity index (χ1n) is 9.85. The van der Waals surface area contributed by atoms with Crippen LogP contribution in [0.4, 0.5) is 16.0 Å². The Morgan fingerprint density at radius 2 is 1.81 bits per heavy atom. The van der Waals surface area contributed by atoms with Gasteiger partial charge in [-0.25, -0.2) is 9.67 Å². The molecule has 2 aromatic heterocycles. The number of anilines is 2. The summed E-state index contributed by atoms with van der Waals surface area (Å²) in [5.41, 5.74) is 1.09. The number of hydrogen-bond acceptors (Lipinski definition) is 6. The summed E-state index contributed by atoms with van der Waals surface area (Å²) < 4.78 is 20.1. The fourth-order valence-electron chi connectivity index (χ4n) is 2.93. The highest BCUT2D eigenvalue weighted by Gasteiger charge is 2.12. The minimum Gasteiger partial charge on any atom is -0.439 e. The number of nitrogens with one attached hydrogen (secondary N) is 1. The molecule has 7 nitrogen and oxygen atoms in total. The van der Waals surface area contributed by atoms with Crippen LogP contribution in [-0.4, -0.2) is 26.4 Å². The lowest BCUT2D eigenvalue weighted by atomic mass is 10.2. The highest BCUT2D eigenvalue weighted by atomic mass is 35.5. The molecule has 162 valence electrons. The molecule has 0 saturated heterocycles. The first-order chi connectivity index (χ1) is 15.6. The smallest absolute Gasteiger partial charge is 0.296 e. The van der Waals surface area contributed by atoms with E-state index in [1.165, 1.54) is 4.68 Å². The third-order valence-electron chi connectivity index (χ3n) is 4.49. The number of alkyl halides is 1. The van der Waals surface area contributed by atoms with E-state index in [0.29, 0.717) is 28.9 Å². The second kappa shape index (κ2) is 10.0. The molecule has 0 atom stereocenters. The van der Waals surface area contributed by atoms with Crippen molar-refractivity contribution in [1.82, 2.24) is 19.7 Å². The maximum Gasteiger partial charge on any atom is 0.296 e. The Hall–Kier alpha value is -3.78. The van der Waals surface area contributed by atoms with Crippen molar-refractivity contribution < 1.29 is 9.13 Å². The van der Waals surface area contributed by atoms with E-state index in [0.717, 1.165) is 5.56 Å². The van der Waals surface area contributed by atoms with E-state index in [1.807, 2.05) is 24.3 Å². The van der Waals surface area contributed by atoms with Crippen molar-refractivity contribution >= 4 is 23.2 Å². The Labute approximate surface area is 188 Å². The second-order valence-electron chi connectivity index (χ2n) is 6.83. The van der Waals surface area contributed by atoms with E-state index in [9.17, 15) is 9.18 Å². The third-order valence-corrected chi connectivity index (χ3v) is 4.74. The lowest BCUT2D eigenvalue weighted by Gasteiger charge is -2.14. The van der Waals surface area contributed by atoms with Crippen molar-refractivity contribution in [2.75, 3.05) is 12.0 Å². The summed E-state index contributed by atoms with van der Waals surface area (Å²) in [6, 6.07) is 19.7. The van der Waals surface area contributed by atoms with Crippen LogP contribution in [0.2, 0.25) is 5.02 Å². The fraction of sp³-hybridized carbons (Fsp3) is 0.130. The normalized spacial score (nSPS) is 10.7. The van der Waals surface area contributed by atoms with Crippen molar-refractivity contribution in [3.05, 3.63) is 99.6 Å². The zero-order valence-corrected chi connectivity index (χ0v) is 17.7. The topological polar surface area (TPSA) is 81.9 Å². The summed E-state index contributed by atoms with van der Waals surface area (Å²) in [6.07, 6.45) is 1.56. The number of benzene rings is 2. The van der Waals surface area contributed by atoms with E-state index in [4.69, 9.17) is 16.3 Å². The van der Waals surface area contributed by atoms with E-state index >= 15 is 0 Å². The lowest BCUT2D eigenvalue weighted by molar-refractivity contribution is 0.463. The highest BCUT2D eigenvalue weighted by Crippen LogP contribution is 2.23. The summed E-state index contributed by atoms with van der Waals surface area (Å²) >= 11 is 5.96. The Kier molecular flexibility index (Phi) is 6.72. The van der Waals surface area contributed by atoms with Gasteiger partial charge in [0.05, 0.1) is 13.2 Å². The Morgan fingerprint density at radius 3 is 2.50 bits per heavy atom.